The van der Waals surface area contributed by atoms with E-state index in [-0.39, 0.29) is 11.9 Å². The summed E-state index contributed by atoms with van der Waals surface area (Å²) < 4.78 is 0. The van der Waals surface area contributed by atoms with E-state index in [9.17, 15) is 0 Å². The molecule has 0 aliphatic rings. The molecule has 0 radical (unpaired) electrons. The molecule has 0 saturated carbocycles. The smallest absolute Gasteiger partial charge is 0.269 e. The predicted molar refractivity (Wildman–Crippen MR) is 59.5 cm³/mol. The number of nitrogen functional groups attached to an aromatic ring is 1. The average Bonchev–Trinajstić information content (AvgIpc) is 2.63. The lowest BCUT2D eigenvalue weighted by Crippen LogP contribution is -1.84. The molecular formula is C9H8ClN5. The molecule has 0 fully saturated rings. The van der Waals surface area contributed by atoms with Gasteiger partial charge in [0, 0.05) is 16.8 Å². The van der Waals surface area contributed by atoms with Crippen LogP contribution in [0.2, 0.25) is 5.02 Å². The Hall–Kier alpha value is -1.88. The van der Waals surface area contributed by atoms with E-state index in [2.05, 4.69) is 20.2 Å². The molecular weight excluding hydrogens is 214 g/mol. The molecule has 1 aromatic heterocycles. The minimum atomic E-state index is 0.237. The van der Waals surface area contributed by atoms with Crippen LogP contribution in [0.1, 0.15) is 5.56 Å². The van der Waals surface area contributed by atoms with E-state index < -0.39 is 0 Å². The van der Waals surface area contributed by atoms with Gasteiger partial charge in [-0.2, -0.15) is 4.98 Å². The zero-order chi connectivity index (χ0) is 10.7. The van der Waals surface area contributed by atoms with E-state index >= 15 is 0 Å². The van der Waals surface area contributed by atoms with Crippen molar-refractivity contribution in [1.29, 1.82) is 0 Å². The fourth-order valence-electron chi connectivity index (χ4n) is 1.03. The molecule has 3 N–H and O–H groups in total. The molecule has 76 valence electrons. The standard InChI is InChI=1S/C9H8ClN5/c10-7-4-2-1-3-6(7)5-12-9-13-8(11)14-15-9/h1-5H,(H3,11,13,14,15). The Morgan fingerprint density at radius 1 is 1.40 bits per heavy atom. The van der Waals surface area contributed by atoms with Crippen LogP contribution in [0, 0.1) is 0 Å². The third-order valence-corrected chi connectivity index (χ3v) is 2.06. The van der Waals surface area contributed by atoms with Crippen molar-refractivity contribution >= 4 is 29.7 Å². The number of H-pyrrole nitrogens is 1. The summed E-state index contributed by atoms with van der Waals surface area (Å²) in [4.78, 5) is 7.84. The van der Waals surface area contributed by atoms with Crippen molar-refractivity contribution in [3.63, 3.8) is 0 Å². The van der Waals surface area contributed by atoms with Gasteiger partial charge in [-0.3, -0.25) is 0 Å². The molecule has 5 nitrogen and oxygen atoms in total. The third kappa shape index (κ3) is 2.32. The highest BCUT2D eigenvalue weighted by Crippen LogP contribution is 2.13. The van der Waals surface area contributed by atoms with Crippen LogP contribution in [0.3, 0.4) is 0 Å². The number of hydrogen-bond acceptors (Lipinski definition) is 4. The van der Waals surface area contributed by atoms with Crippen LogP contribution < -0.4 is 5.73 Å². The van der Waals surface area contributed by atoms with E-state index in [0.717, 1.165) is 5.56 Å². The average molecular weight is 222 g/mol. The summed E-state index contributed by atoms with van der Waals surface area (Å²) in [6, 6.07) is 7.36. The SMILES string of the molecule is Nc1nc(N=Cc2ccccc2Cl)n[nH]1. The normalized spacial score (nSPS) is 11.0. The second-order valence-electron chi connectivity index (χ2n) is 2.80. The summed E-state index contributed by atoms with van der Waals surface area (Å²) in [5.74, 6) is 0.522. The van der Waals surface area contributed by atoms with Crippen LogP contribution in [0.25, 0.3) is 0 Å². The number of nitrogens with zero attached hydrogens (tertiary/aromatic N) is 3. The maximum Gasteiger partial charge on any atom is 0.269 e. The van der Waals surface area contributed by atoms with Crippen LogP contribution in [-0.2, 0) is 0 Å². The first kappa shape index (κ1) is 9.67. The maximum atomic E-state index is 5.93. The van der Waals surface area contributed by atoms with Crippen LogP contribution in [0.15, 0.2) is 29.3 Å². The quantitative estimate of drug-likeness (QED) is 0.759. The van der Waals surface area contributed by atoms with Crippen molar-refractivity contribution in [2.45, 2.75) is 0 Å². The Kier molecular flexibility index (Phi) is 2.64. The Labute approximate surface area is 91.0 Å². The summed E-state index contributed by atoms with van der Waals surface area (Å²) in [5.41, 5.74) is 6.16. The number of aliphatic imine (C=N–C) groups is 1. The van der Waals surface area contributed by atoms with E-state index in [1.165, 1.54) is 0 Å². The monoisotopic (exact) mass is 221 g/mol. The van der Waals surface area contributed by atoms with Crippen LogP contribution in [0.4, 0.5) is 11.9 Å². The van der Waals surface area contributed by atoms with Gasteiger partial charge in [0.2, 0.25) is 5.95 Å². The number of hydrogen-bond donors (Lipinski definition) is 2. The molecule has 0 aliphatic carbocycles. The Bertz CT molecular complexity index is 491. The van der Waals surface area contributed by atoms with Gasteiger partial charge in [0.25, 0.3) is 5.95 Å². The van der Waals surface area contributed by atoms with Crippen molar-refractivity contribution in [1.82, 2.24) is 15.2 Å². The van der Waals surface area contributed by atoms with E-state index in [0.29, 0.717) is 5.02 Å². The first-order valence-corrected chi connectivity index (χ1v) is 4.60. The van der Waals surface area contributed by atoms with E-state index in [1.54, 1.807) is 12.3 Å². The van der Waals surface area contributed by atoms with Gasteiger partial charge in [0.1, 0.15) is 0 Å². The van der Waals surface area contributed by atoms with Gasteiger partial charge in [-0.1, -0.05) is 29.8 Å². The molecule has 0 atom stereocenters. The van der Waals surface area contributed by atoms with Crippen LogP contribution >= 0.6 is 11.6 Å². The van der Waals surface area contributed by atoms with Crippen molar-refractivity contribution in [2.75, 3.05) is 5.73 Å². The molecule has 0 bridgehead atoms. The zero-order valence-corrected chi connectivity index (χ0v) is 8.44. The fourth-order valence-corrected chi connectivity index (χ4v) is 1.21. The second kappa shape index (κ2) is 4.10. The van der Waals surface area contributed by atoms with Gasteiger partial charge in [-0.05, 0) is 6.07 Å². The Morgan fingerprint density at radius 2 is 2.20 bits per heavy atom. The number of aromatic nitrogens is 3. The van der Waals surface area contributed by atoms with Crippen molar-refractivity contribution in [2.24, 2.45) is 4.99 Å². The number of anilines is 1. The van der Waals surface area contributed by atoms with Crippen molar-refractivity contribution in [3.05, 3.63) is 34.9 Å². The molecule has 0 amide bonds. The number of benzene rings is 1. The number of nitrogens with one attached hydrogen (secondary N) is 1. The largest absolute Gasteiger partial charge is 0.368 e. The molecule has 15 heavy (non-hydrogen) atoms. The minimum Gasteiger partial charge on any atom is -0.368 e. The van der Waals surface area contributed by atoms with Gasteiger partial charge in [-0.25, -0.2) is 10.1 Å². The molecule has 0 aliphatic heterocycles. The summed E-state index contributed by atoms with van der Waals surface area (Å²) in [6.07, 6.45) is 1.59. The van der Waals surface area contributed by atoms with Gasteiger partial charge in [0.15, 0.2) is 0 Å². The van der Waals surface area contributed by atoms with Crippen LogP contribution in [0.5, 0.6) is 0 Å². The van der Waals surface area contributed by atoms with Crippen molar-refractivity contribution in [3.8, 4) is 0 Å². The first-order chi connectivity index (χ1) is 7.25. The number of halogens is 1. The highest BCUT2D eigenvalue weighted by molar-refractivity contribution is 6.33. The molecule has 6 heteroatoms. The number of nitrogens with two attached hydrogens (primary N) is 1. The molecule has 2 rings (SSSR count). The first-order valence-electron chi connectivity index (χ1n) is 4.22. The lowest BCUT2D eigenvalue weighted by molar-refractivity contribution is 1.09. The molecule has 2 aromatic rings. The van der Waals surface area contributed by atoms with Gasteiger partial charge in [-0.15, -0.1) is 5.10 Å². The fraction of sp³-hybridized carbons (Fsp3) is 0. The molecule has 1 heterocycles. The predicted octanol–water partition coefficient (Wildman–Crippen LogP) is 1.79. The Morgan fingerprint density at radius 3 is 2.87 bits per heavy atom. The molecule has 0 unspecified atom stereocenters. The van der Waals surface area contributed by atoms with Gasteiger partial charge in [0.05, 0.1) is 0 Å². The topological polar surface area (TPSA) is 79.9 Å². The van der Waals surface area contributed by atoms with Crippen molar-refractivity contribution < 1.29 is 0 Å². The number of aromatic amines is 1. The van der Waals surface area contributed by atoms with Gasteiger partial charge < -0.3 is 5.73 Å². The van der Waals surface area contributed by atoms with Gasteiger partial charge >= 0.3 is 0 Å². The zero-order valence-electron chi connectivity index (χ0n) is 7.68. The maximum absolute atomic E-state index is 5.93. The Balaban J connectivity index is 2.22. The molecule has 0 saturated heterocycles. The minimum absolute atomic E-state index is 0.237. The summed E-state index contributed by atoms with van der Waals surface area (Å²) in [6.45, 7) is 0. The highest BCUT2D eigenvalue weighted by atomic mass is 35.5. The van der Waals surface area contributed by atoms with E-state index in [4.69, 9.17) is 17.3 Å². The molecule has 0 spiro atoms. The lowest BCUT2D eigenvalue weighted by Gasteiger charge is -1.93. The summed E-state index contributed by atoms with van der Waals surface area (Å²) in [5, 5.41) is 6.88. The van der Waals surface area contributed by atoms with E-state index in [1.807, 2.05) is 18.2 Å². The van der Waals surface area contributed by atoms with Crippen LogP contribution in [-0.4, -0.2) is 21.4 Å². The highest BCUT2D eigenvalue weighted by Gasteiger charge is 1.97. The number of rotatable bonds is 2. The summed E-state index contributed by atoms with van der Waals surface area (Å²) >= 11 is 5.93. The lowest BCUT2D eigenvalue weighted by atomic mass is 10.2. The third-order valence-electron chi connectivity index (χ3n) is 1.72. The second-order valence-corrected chi connectivity index (χ2v) is 3.21. The molecule has 1 aromatic carbocycles. The summed E-state index contributed by atoms with van der Waals surface area (Å²) in [7, 11) is 0.